The van der Waals surface area contributed by atoms with Crippen molar-refractivity contribution in [2.45, 2.75) is 36.7 Å². The molecule has 2 aromatic rings. The van der Waals surface area contributed by atoms with E-state index in [0.29, 0.717) is 17.2 Å². The second kappa shape index (κ2) is 8.86. The molecule has 2 aromatic carbocycles. The number of aliphatic hydroxyl groups is 1. The van der Waals surface area contributed by atoms with Gasteiger partial charge in [0.25, 0.3) is 5.91 Å². The summed E-state index contributed by atoms with van der Waals surface area (Å²) in [6, 6.07) is 13.5. The molecule has 3 rings (SSSR count). The van der Waals surface area contributed by atoms with Gasteiger partial charge in [-0.1, -0.05) is 31.2 Å². The molecule has 0 aromatic heterocycles. The monoisotopic (exact) mass is 402 g/mol. The minimum absolute atomic E-state index is 0.0267. The van der Waals surface area contributed by atoms with Crippen molar-refractivity contribution in [3.63, 3.8) is 0 Å². The van der Waals surface area contributed by atoms with Crippen LogP contribution in [0.4, 0.5) is 0 Å². The van der Waals surface area contributed by atoms with Crippen molar-refractivity contribution in [3.8, 4) is 0 Å². The molecule has 2 unspecified atom stereocenters. The second-order valence-corrected chi connectivity index (χ2v) is 9.23. The number of amides is 1. The zero-order chi connectivity index (χ0) is 20.1. The standard InChI is InChI=1S/C21H26N2O4S/c1-2-28(26,27)18-11-9-16(10-12-18)20(14-24)23-21(25)17-7-5-15(6-8-17)19-4-3-13-22-19/h5-12,19-20,22,24H,2-4,13-14H2,1H3,(H,23,25). The summed E-state index contributed by atoms with van der Waals surface area (Å²) in [6.45, 7) is 2.33. The van der Waals surface area contributed by atoms with Crippen LogP contribution in [0, 0.1) is 0 Å². The normalized spacial score (nSPS) is 18.0. The molecule has 0 aliphatic carbocycles. The Morgan fingerprint density at radius 1 is 1.18 bits per heavy atom. The van der Waals surface area contributed by atoms with E-state index in [1.807, 2.05) is 12.1 Å². The number of benzene rings is 2. The van der Waals surface area contributed by atoms with Crippen molar-refractivity contribution < 1.29 is 18.3 Å². The molecular formula is C21H26N2O4S. The molecule has 1 aliphatic rings. The molecule has 0 radical (unpaired) electrons. The maximum Gasteiger partial charge on any atom is 0.251 e. The SMILES string of the molecule is CCS(=O)(=O)c1ccc(C(CO)NC(=O)c2ccc(C3CCCN3)cc2)cc1. The number of hydrogen-bond acceptors (Lipinski definition) is 5. The summed E-state index contributed by atoms with van der Waals surface area (Å²) >= 11 is 0. The third-order valence-corrected chi connectivity index (χ3v) is 6.90. The van der Waals surface area contributed by atoms with Gasteiger partial charge in [-0.25, -0.2) is 8.42 Å². The van der Waals surface area contributed by atoms with Gasteiger partial charge in [0.05, 0.1) is 23.3 Å². The zero-order valence-electron chi connectivity index (χ0n) is 15.9. The largest absolute Gasteiger partial charge is 0.394 e. The van der Waals surface area contributed by atoms with Crippen molar-refractivity contribution in [2.75, 3.05) is 18.9 Å². The smallest absolute Gasteiger partial charge is 0.251 e. The van der Waals surface area contributed by atoms with Crippen LogP contribution in [0.15, 0.2) is 53.4 Å². The summed E-state index contributed by atoms with van der Waals surface area (Å²) in [5, 5.41) is 15.9. The maximum atomic E-state index is 12.6. The Bertz CT molecular complexity index is 902. The van der Waals surface area contributed by atoms with Crippen LogP contribution in [0.25, 0.3) is 0 Å². The Morgan fingerprint density at radius 3 is 2.39 bits per heavy atom. The van der Waals surface area contributed by atoms with Gasteiger partial charge in [-0.05, 0) is 54.8 Å². The molecule has 150 valence electrons. The molecule has 1 fully saturated rings. The topological polar surface area (TPSA) is 95.5 Å². The number of hydrogen-bond donors (Lipinski definition) is 3. The van der Waals surface area contributed by atoms with Gasteiger partial charge in [-0.15, -0.1) is 0 Å². The van der Waals surface area contributed by atoms with Gasteiger partial charge < -0.3 is 15.7 Å². The molecule has 0 saturated carbocycles. The summed E-state index contributed by atoms with van der Waals surface area (Å²) in [4.78, 5) is 12.8. The summed E-state index contributed by atoms with van der Waals surface area (Å²) in [5.74, 6) is -0.256. The Balaban J connectivity index is 1.69. The fourth-order valence-electron chi connectivity index (χ4n) is 3.39. The lowest BCUT2D eigenvalue weighted by Crippen LogP contribution is -2.30. The zero-order valence-corrected chi connectivity index (χ0v) is 16.7. The highest BCUT2D eigenvalue weighted by atomic mass is 32.2. The van der Waals surface area contributed by atoms with Gasteiger partial charge in [0.2, 0.25) is 0 Å². The van der Waals surface area contributed by atoms with Crippen LogP contribution >= 0.6 is 0 Å². The maximum absolute atomic E-state index is 12.6. The lowest BCUT2D eigenvalue weighted by atomic mass is 10.0. The average Bonchev–Trinajstić information content (AvgIpc) is 3.27. The molecule has 0 bridgehead atoms. The number of sulfone groups is 1. The van der Waals surface area contributed by atoms with Gasteiger partial charge in [0, 0.05) is 11.6 Å². The summed E-state index contributed by atoms with van der Waals surface area (Å²) in [6.07, 6.45) is 2.26. The predicted octanol–water partition coefficient (Wildman–Crippen LogP) is 2.37. The number of carbonyl (C=O) groups is 1. The minimum Gasteiger partial charge on any atom is -0.394 e. The van der Waals surface area contributed by atoms with E-state index in [4.69, 9.17) is 0 Å². The summed E-state index contributed by atoms with van der Waals surface area (Å²) in [5.41, 5.74) is 2.34. The van der Waals surface area contributed by atoms with Crippen molar-refractivity contribution in [3.05, 3.63) is 65.2 Å². The number of carbonyl (C=O) groups excluding carboxylic acids is 1. The van der Waals surface area contributed by atoms with E-state index in [0.717, 1.165) is 19.4 Å². The molecule has 28 heavy (non-hydrogen) atoms. The van der Waals surface area contributed by atoms with Crippen LogP contribution in [0.3, 0.4) is 0 Å². The average molecular weight is 403 g/mol. The Morgan fingerprint density at radius 2 is 1.86 bits per heavy atom. The minimum atomic E-state index is -3.28. The number of rotatable bonds is 7. The Labute approximate surface area is 165 Å². The van der Waals surface area contributed by atoms with Gasteiger partial charge in [-0.3, -0.25) is 4.79 Å². The van der Waals surface area contributed by atoms with Crippen LogP contribution in [0.2, 0.25) is 0 Å². The first-order valence-electron chi connectivity index (χ1n) is 9.52. The van der Waals surface area contributed by atoms with E-state index in [1.165, 1.54) is 17.7 Å². The van der Waals surface area contributed by atoms with Crippen molar-refractivity contribution in [1.82, 2.24) is 10.6 Å². The van der Waals surface area contributed by atoms with Gasteiger partial charge >= 0.3 is 0 Å². The molecular weight excluding hydrogens is 376 g/mol. The van der Waals surface area contributed by atoms with Crippen LogP contribution in [0.5, 0.6) is 0 Å². The van der Waals surface area contributed by atoms with E-state index in [-0.39, 0.29) is 23.2 Å². The summed E-state index contributed by atoms with van der Waals surface area (Å²) < 4.78 is 23.8. The van der Waals surface area contributed by atoms with Gasteiger partial charge in [-0.2, -0.15) is 0 Å². The highest BCUT2D eigenvalue weighted by Crippen LogP contribution is 2.23. The van der Waals surface area contributed by atoms with Crippen LogP contribution in [-0.4, -0.2) is 38.3 Å². The Hall–Kier alpha value is -2.22. The molecule has 6 nitrogen and oxygen atoms in total. The van der Waals surface area contributed by atoms with Crippen LogP contribution in [-0.2, 0) is 9.84 Å². The molecule has 1 saturated heterocycles. The quantitative estimate of drug-likeness (QED) is 0.661. The molecule has 2 atom stereocenters. The van der Waals surface area contributed by atoms with Crippen LogP contribution < -0.4 is 10.6 Å². The third kappa shape index (κ3) is 4.60. The van der Waals surface area contributed by atoms with Crippen LogP contribution in [0.1, 0.15) is 53.3 Å². The highest BCUT2D eigenvalue weighted by Gasteiger charge is 2.19. The first kappa shape index (κ1) is 20.5. The Kier molecular flexibility index (Phi) is 6.49. The van der Waals surface area contributed by atoms with E-state index in [1.54, 1.807) is 31.2 Å². The van der Waals surface area contributed by atoms with E-state index in [2.05, 4.69) is 10.6 Å². The predicted molar refractivity (Wildman–Crippen MR) is 108 cm³/mol. The second-order valence-electron chi connectivity index (χ2n) is 6.95. The van der Waals surface area contributed by atoms with Crippen molar-refractivity contribution in [2.24, 2.45) is 0 Å². The van der Waals surface area contributed by atoms with Gasteiger partial charge in [0.15, 0.2) is 9.84 Å². The molecule has 1 amide bonds. The van der Waals surface area contributed by atoms with E-state index >= 15 is 0 Å². The molecule has 1 heterocycles. The molecule has 7 heteroatoms. The lowest BCUT2D eigenvalue weighted by molar-refractivity contribution is 0.0916. The molecule has 1 aliphatic heterocycles. The molecule has 3 N–H and O–H groups in total. The third-order valence-electron chi connectivity index (χ3n) is 5.15. The molecule has 0 spiro atoms. The number of nitrogens with one attached hydrogen (secondary N) is 2. The fourth-order valence-corrected chi connectivity index (χ4v) is 4.27. The first-order chi connectivity index (χ1) is 13.4. The fraction of sp³-hybridized carbons (Fsp3) is 0.381. The lowest BCUT2D eigenvalue weighted by Gasteiger charge is -2.18. The summed E-state index contributed by atoms with van der Waals surface area (Å²) in [7, 11) is -3.28. The van der Waals surface area contributed by atoms with E-state index < -0.39 is 15.9 Å². The highest BCUT2D eigenvalue weighted by molar-refractivity contribution is 7.91. The van der Waals surface area contributed by atoms with Gasteiger partial charge in [0.1, 0.15) is 0 Å². The first-order valence-corrected chi connectivity index (χ1v) is 11.2. The number of aliphatic hydroxyl groups excluding tert-OH is 1. The van der Waals surface area contributed by atoms with Crippen molar-refractivity contribution >= 4 is 15.7 Å². The van der Waals surface area contributed by atoms with E-state index in [9.17, 15) is 18.3 Å². The van der Waals surface area contributed by atoms with Crippen molar-refractivity contribution in [1.29, 1.82) is 0 Å².